The Morgan fingerprint density at radius 3 is 2.53 bits per heavy atom. The molecule has 0 saturated heterocycles. The number of ketones is 1. The highest BCUT2D eigenvalue weighted by molar-refractivity contribution is 7.94. The predicted octanol–water partition coefficient (Wildman–Crippen LogP) is 3.79. The molecule has 194 valence electrons. The van der Waals surface area contributed by atoms with Gasteiger partial charge in [0.25, 0.3) is 0 Å². The lowest BCUT2D eigenvalue weighted by Gasteiger charge is -2.19. The molecule has 0 saturated carbocycles. The van der Waals surface area contributed by atoms with E-state index in [1.807, 2.05) is 0 Å². The molecule has 0 aliphatic carbocycles. The molecule has 0 atom stereocenters. The second-order valence-electron chi connectivity index (χ2n) is 7.81. The van der Waals surface area contributed by atoms with E-state index in [1.165, 1.54) is 50.7 Å². The van der Waals surface area contributed by atoms with Crippen LogP contribution in [-0.2, 0) is 10.2 Å². The first kappa shape index (κ1) is 25.2. The van der Waals surface area contributed by atoms with Gasteiger partial charge in [0.1, 0.15) is 16.5 Å². The molecule has 4 aromatic heterocycles. The fraction of sp³-hybridized carbons (Fsp3) is 0.0870. The summed E-state index contributed by atoms with van der Waals surface area (Å²) < 4.78 is 63.6. The number of nitrogens with zero attached hydrogens (tertiary/aromatic N) is 5. The van der Waals surface area contributed by atoms with Crippen LogP contribution in [0.2, 0.25) is 0 Å². The van der Waals surface area contributed by atoms with Crippen molar-refractivity contribution in [2.45, 2.75) is 0 Å². The van der Waals surface area contributed by atoms with Crippen LogP contribution in [0.1, 0.15) is 15.9 Å². The Balaban J connectivity index is 1.51. The average molecular weight is 558 g/mol. The third-order valence-electron chi connectivity index (χ3n) is 5.57. The average Bonchev–Trinajstić information content (AvgIpc) is 3.60. The number of pyridine rings is 1. The molecular weight excluding hydrogens is 540 g/mol. The van der Waals surface area contributed by atoms with Crippen molar-refractivity contribution < 1.29 is 26.7 Å². The third-order valence-corrected chi connectivity index (χ3v) is 7.93. The van der Waals surface area contributed by atoms with Crippen molar-refractivity contribution in [2.75, 3.05) is 23.2 Å². The fourth-order valence-corrected chi connectivity index (χ4v) is 5.36. The van der Waals surface area contributed by atoms with E-state index < -0.39 is 38.9 Å². The van der Waals surface area contributed by atoms with Crippen molar-refractivity contribution in [1.82, 2.24) is 24.9 Å². The van der Waals surface area contributed by atoms with Crippen LogP contribution in [0.3, 0.4) is 0 Å². The summed E-state index contributed by atoms with van der Waals surface area (Å²) in [6, 6.07) is 3.48. The van der Waals surface area contributed by atoms with Gasteiger partial charge in [-0.3, -0.25) is 14.5 Å². The number of hydrogen-bond acceptors (Lipinski definition) is 9. The molecule has 5 aromatic rings. The van der Waals surface area contributed by atoms with Crippen LogP contribution in [-0.4, -0.2) is 53.3 Å². The quantitative estimate of drug-likeness (QED) is 0.274. The van der Waals surface area contributed by atoms with E-state index in [0.717, 1.165) is 27.8 Å². The van der Waals surface area contributed by atoms with Gasteiger partial charge < -0.3 is 9.72 Å². The van der Waals surface area contributed by atoms with Gasteiger partial charge in [0.05, 0.1) is 30.1 Å². The van der Waals surface area contributed by atoms with E-state index >= 15 is 4.39 Å². The number of aromatic nitrogens is 5. The maximum Gasteiger partial charge on any atom is 0.324 e. The zero-order chi connectivity index (χ0) is 27.0. The second kappa shape index (κ2) is 9.75. The van der Waals surface area contributed by atoms with Crippen molar-refractivity contribution >= 4 is 49.1 Å². The van der Waals surface area contributed by atoms with Crippen LogP contribution < -0.4 is 13.8 Å². The van der Waals surface area contributed by atoms with Gasteiger partial charge in [-0.05, 0) is 18.2 Å². The van der Waals surface area contributed by atoms with Gasteiger partial charge in [0.2, 0.25) is 5.78 Å². The summed E-state index contributed by atoms with van der Waals surface area (Å²) >= 11 is 1.05. The predicted molar refractivity (Wildman–Crippen MR) is 137 cm³/mol. The van der Waals surface area contributed by atoms with Crippen LogP contribution in [0.15, 0.2) is 54.7 Å². The summed E-state index contributed by atoms with van der Waals surface area (Å²) in [7, 11) is -1.63. The minimum Gasteiger partial charge on any atom is -0.467 e. The molecule has 0 spiro atoms. The lowest BCUT2D eigenvalue weighted by Crippen LogP contribution is -2.32. The zero-order valence-electron chi connectivity index (χ0n) is 19.6. The monoisotopic (exact) mass is 557 g/mol. The van der Waals surface area contributed by atoms with Gasteiger partial charge in [0.15, 0.2) is 5.82 Å². The van der Waals surface area contributed by atoms with Gasteiger partial charge in [-0.1, -0.05) is 0 Å². The smallest absolute Gasteiger partial charge is 0.324 e. The third kappa shape index (κ3) is 4.52. The van der Waals surface area contributed by atoms with Crippen LogP contribution in [0, 0.1) is 11.6 Å². The molecule has 0 amide bonds. The minimum absolute atomic E-state index is 0.0663. The molecule has 11 nitrogen and oxygen atoms in total. The first-order chi connectivity index (χ1) is 18.2. The van der Waals surface area contributed by atoms with E-state index in [2.05, 4.69) is 29.6 Å². The molecule has 0 fully saturated rings. The molecule has 0 bridgehead atoms. The molecule has 0 aliphatic rings. The SMILES string of the molecule is COc1ncc(-c2cnc3[nH]cc(C(=O)c4c(F)ccc(NS(=O)(=O)N(C)c5cncs5)c4F)c3c2)cn1. The molecule has 1 aromatic carbocycles. The number of ether oxygens (including phenoxy) is 1. The van der Waals surface area contributed by atoms with Gasteiger partial charge in [-0.25, -0.2) is 28.0 Å². The van der Waals surface area contributed by atoms with Crippen molar-refractivity contribution in [3.05, 3.63) is 77.5 Å². The van der Waals surface area contributed by atoms with Crippen LogP contribution in [0.5, 0.6) is 6.01 Å². The largest absolute Gasteiger partial charge is 0.467 e. The number of methoxy groups -OCH3 is 1. The number of anilines is 2. The number of thiazole rings is 1. The summed E-state index contributed by atoms with van der Waals surface area (Å²) in [4.78, 5) is 32.3. The molecular formula is C23H17F2N7O4S2. The van der Waals surface area contributed by atoms with E-state index in [9.17, 15) is 17.6 Å². The van der Waals surface area contributed by atoms with Crippen LogP contribution in [0.4, 0.5) is 19.5 Å². The Labute approximate surface area is 218 Å². The lowest BCUT2D eigenvalue weighted by atomic mass is 10.0. The second-order valence-corrected chi connectivity index (χ2v) is 10.4. The van der Waals surface area contributed by atoms with E-state index in [0.29, 0.717) is 16.8 Å². The van der Waals surface area contributed by atoms with Crippen molar-refractivity contribution in [3.63, 3.8) is 0 Å². The number of fused-ring (bicyclic) bond motifs is 1. The van der Waals surface area contributed by atoms with Gasteiger partial charge >= 0.3 is 16.2 Å². The zero-order valence-corrected chi connectivity index (χ0v) is 21.3. The number of hydrogen-bond donors (Lipinski definition) is 2. The van der Waals surface area contributed by atoms with E-state index in [1.54, 1.807) is 6.07 Å². The summed E-state index contributed by atoms with van der Waals surface area (Å²) in [6.07, 6.45) is 7.12. The summed E-state index contributed by atoms with van der Waals surface area (Å²) in [6.45, 7) is 0. The van der Waals surface area contributed by atoms with Gasteiger partial charge in [-0.15, -0.1) is 11.3 Å². The highest BCUT2D eigenvalue weighted by atomic mass is 32.2. The Kier molecular flexibility index (Phi) is 6.46. The highest BCUT2D eigenvalue weighted by Gasteiger charge is 2.27. The maximum atomic E-state index is 15.5. The minimum atomic E-state index is -4.30. The first-order valence-electron chi connectivity index (χ1n) is 10.7. The van der Waals surface area contributed by atoms with E-state index in [4.69, 9.17) is 4.74 Å². The molecule has 0 radical (unpaired) electrons. The van der Waals surface area contributed by atoms with Gasteiger partial charge in [-0.2, -0.15) is 8.42 Å². The number of rotatable bonds is 8. The van der Waals surface area contributed by atoms with Crippen molar-refractivity contribution in [1.29, 1.82) is 0 Å². The first-order valence-corrected chi connectivity index (χ1v) is 13.0. The highest BCUT2D eigenvalue weighted by Crippen LogP contribution is 2.30. The van der Waals surface area contributed by atoms with Gasteiger partial charge in [0, 0.05) is 53.9 Å². The number of benzene rings is 1. The van der Waals surface area contributed by atoms with E-state index in [-0.39, 0.29) is 22.0 Å². The number of carbonyl (C=O) groups excluding carboxylic acids is 1. The standard InChI is InChI=1S/C23H17F2N7O4S2/c1-32(18-10-26-11-37-18)38(34,35)31-17-4-3-16(24)19(20(17)25)21(33)15-9-28-22-14(15)5-12(6-27-22)13-7-29-23(36-2)30-8-13/h3-11,31H,1-2H3,(H,27,28). The molecule has 15 heteroatoms. The summed E-state index contributed by atoms with van der Waals surface area (Å²) in [5.74, 6) is -3.53. The fourth-order valence-electron chi connectivity index (χ4n) is 3.58. The topological polar surface area (TPSA) is 143 Å². The Morgan fingerprint density at radius 1 is 1.11 bits per heavy atom. The molecule has 38 heavy (non-hydrogen) atoms. The Morgan fingerprint density at radius 2 is 1.84 bits per heavy atom. The Bertz CT molecular complexity index is 1760. The molecule has 0 aliphatic heterocycles. The number of carbonyl (C=O) groups is 1. The number of nitrogens with one attached hydrogen (secondary N) is 2. The van der Waals surface area contributed by atoms with Crippen molar-refractivity contribution in [3.8, 4) is 17.1 Å². The number of aromatic amines is 1. The van der Waals surface area contributed by atoms with Crippen molar-refractivity contribution in [2.24, 2.45) is 0 Å². The normalized spacial score (nSPS) is 11.5. The Hall–Kier alpha value is -4.50. The maximum absolute atomic E-state index is 15.5. The number of H-pyrrole nitrogens is 1. The number of halogens is 2. The summed E-state index contributed by atoms with van der Waals surface area (Å²) in [5.41, 5.74) is 1.25. The lowest BCUT2D eigenvalue weighted by molar-refractivity contribution is 0.103. The molecule has 2 N–H and O–H groups in total. The van der Waals surface area contributed by atoms with Crippen LogP contribution >= 0.6 is 11.3 Å². The molecule has 4 heterocycles. The molecule has 5 rings (SSSR count). The van der Waals surface area contributed by atoms with Crippen LogP contribution in [0.25, 0.3) is 22.2 Å². The summed E-state index contributed by atoms with van der Waals surface area (Å²) in [5, 5.41) is 0.554. The molecule has 0 unspecified atom stereocenters.